The number of rotatable bonds is 4. The van der Waals surface area contributed by atoms with Gasteiger partial charge < -0.3 is 10.2 Å². The normalized spacial score (nSPS) is 10.7. The molecule has 0 aliphatic heterocycles. The zero-order chi connectivity index (χ0) is 19.6. The van der Waals surface area contributed by atoms with Gasteiger partial charge in [-0.3, -0.25) is 9.59 Å². The lowest BCUT2D eigenvalue weighted by atomic mass is 10.1. The maximum absolute atomic E-state index is 13.6. The summed E-state index contributed by atoms with van der Waals surface area (Å²) in [7, 11) is 1.42. The number of amides is 2. The molecule has 7 heteroatoms. The summed E-state index contributed by atoms with van der Waals surface area (Å²) in [4.78, 5) is 25.7. The van der Waals surface area contributed by atoms with Crippen LogP contribution in [0.3, 0.4) is 0 Å². The van der Waals surface area contributed by atoms with E-state index in [2.05, 4.69) is 5.32 Å². The first kappa shape index (κ1) is 18.4. The van der Waals surface area contributed by atoms with Crippen LogP contribution in [0, 0.1) is 17.5 Å². The highest BCUT2D eigenvalue weighted by Crippen LogP contribution is 2.20. The van der Waals surface area contributed by atoms with Crippen LogP contribution in [-0.4, -0.2) is 30.3 Å². The SMILES string of the molecule is CN(CC(=O)Nc1ccc(F)c(F)c1F)C(=O)c1ccc2ccccc2c1. The predicted molar refractivity (Wildman–Crippen MR) is 95.9 cm³/mol. The molecule has 0 saturated carbocycles. The molecule has 0 aliphatic carbocycles. The Kier molecular flexibility index (Phi) is 5.12. The van der Waals surface area contributed by atoms with E-state index in [-0.39, 0.29) is 6.54 Å². The van der Waals surface area contributed by atoms with E-state index in [1.165, 1.54) is 7.05 Å². The molecule has 0 heterocycles. The second-order valence-electron chi connectivity index (χ2n) is 5.99. The van der Waals surface area contributed by atoms with Crippen molar-refractivity contribution in [2.45, 2.75) is 0 Å². The number of hydrogen-bond acceptors (Lipinski definition) is 2. The van der Waals surface area contributed by atoms with Crippen LogP contribution >= 0.6 is 0 Å². The third-order valence-electron chi connectivity index (χ3n) is 4.03. The second kappa shape index (κ2) is 7.49. The molecule has 0 spiro atoms. The Hall–Kier alpha value is -3.35. The molecule has 138 valence electrons. The predicted octanol–water partition coefficient (Wildman–Crippen LogP) is 3.97. The van der Waals surface area contributed by atoms with Gasteiger partial charge in [0.05, 0.1) is 12.2 Å². The second-order valence-corrected chi connectivity index (χ2v) is 5.99. The van der Waals surface area contributed by atoms with Crippen molar-refractivity contribution >= 4 is 28.3 Å². The first-order chi connectivity index (χ1) is 12.9. The van der Waals surface area contributed by atoms with Crippen LogP contribution in [0.1, 0.15) is 10.4 Å². The Morgan fingerprint density at radius 2 is 1.63 bits per heavy atom. The van der Waals surface area contributed by atoms with Gasteiger partial charge in [-0.05, 0) is 35.0 Å². The molecule has 0 radical (unpaired) electrons. The Morgan fingerprint density at radius 1 is 0.926 bits per heavy atom. The number of likely N-dealkylation sites (N-methyl/N-ethyl adjacent to an activating group) is 1. The van der Waals surface area contributed by atoms with Crippen LogP contribution in [0.25, 0.3) is 10.8 Å². The van der Waals surface area contributed by atoms with Gasteiger partial charge in [0, 0.05) is 12.6 Å². The standard InChI is InChI=1S/C20H15F3N2O2/c1-25(11-17(26)24-16-9-8-15(21)18(22)19(16)23)20(27)14-7-6-12-4-2-3-5-13(12)10-14/h2-10H,11H2,1H3,(H,24,26). The molecule has 4 nitrogen and oxygen atoms in total. The first-order valence-electron chi connectivity index (χ1n) is 8.04. The maximum Gasteiger partial charge on any atom is 0.254 e. The van der Waals surface area contributed by atoms with Crippen molar-refractivity contribution in [3.05, 3.63) is 77.6 Å². The maximum atomic E-state index is 13.6. The summed E-state index contributed by atoms with van der Waals surface area (Å²) >= 11 is 0. The number of carbonyl (C=O) groups is 2. The van der Waals surface area contributed by atoms with Gasteiger partial charge in [0.1, 0.15) is 0 Å². The number of nitrogens with zero attached hydrogens (tertiary/aromatic N) is 1. The molecular formula is C20H15F3N2O2. The highest BCUT2D eigenvalue weighted by atomic mass is 19.2. The molecule has 0 bridgehead atoms. The summed E-state index contributed by atoms with van der Waals surface area (Å²) in [6, 6.07) is 14.3. The molecule has 2 amide bonds. The molecule has 3 aromatic rings. The van der Waals surface area contributed by atoms with Crippen LogP contribution in [-0.2, 0) is 4.79 Å². The van der Waals surface area contributed by atoms with E-state index in [0.29, 0.717) is 11.6 Å². The van der Waals surface area contributed by atoms with Gasteiger partial charge in [-0.25, -0.2) is 13.2 Å². The lowest BCUT2D eigenvalue weighted by Gasteiger charge is -2.17. The lowest BCUT2D eigenvalue weighted by molar-refractivity contribution is -0.116. The van der Waals surface area contributed by atoms with Gasteiger partial charge in [0.25, 0.3) is 5.91 Å². The number of halogens is 3. The fourth-order valence-corrected chi connectivity index (χ4v) is 2.64. The van der Waals surface area contributed by atoms with Gasteiger partial charge in [0.15, 0.2) is 17.5 Å². The van der Waals surface area contributed by atoms with Gasteiger partial charge in [-0.2, -0.15) is 0 Å². The van der Waals surface area contributed by atoms with Gasteiger partial charge in [0.2, 0.25) is 5.91 Å². The quantitative estimate of drug-likeness (QED) is 0.705. The fraction of sp³-hybridized carbons (Fsp3) is 0.100. The molecule has 0 saturated heterocycles. The molecule has 3 rings (SSSR count). The zero-order valence-electron chi connectivity index (χ0n) is 14.3. The number of anilines is 1. The van der Waals surface area contributed by atoms with Crippen LogP contribution in [0.4, 0.5) is 18.9 Å². The van der Waals surface area contributed by atoms with Crippen molar-refractivity contribution in [3.8, 4) is 0 Å². The minimum atomic E-state index is -1.67. The Balaban J connectivity index is 1.70. The average Bonchev–Trinajstić information content (AvgIpc) is 2.67. The van der Waals surface area contributed by atoms with E-state index in [1.54, 1.807) is 18.2 Å². The number of nitrogens with one attached hydrogen (secondary N) is 1. The van der Waals surface area contributed by atoms with Crippen LogP contribution in [0.5, 0.6) is 0 Å². The molecule has 3 aromatic carbocycles. The van der Waals surface area contributed by atoms with Crippen LogP contribution in [0.15, 0.2) is 54.6 Å². The molecule has 0 aromatic heterocycles. The van der Waals surface area contributed by atoms with Crippen molar-refractivity contribution in [2.24, 2.45) is 0 Å². The van der Waals surface area contributed by atoms with Gasteiger partial charge in [-0.15, -0.1) is 0 Å². The fourth-order valence-electron chi connectivity index (χ4n) is 2.64. The smallest absolute Gasteiger partial charge is 0.254 e. The summed E-state index contributed by atoms with van der Waals surface area (Å²) in [6.07, 6.45) is 0. The van der Waals surface area contributed by atoms with E-state index >= 15 is 0 Å². The van der Waals surface area contributed by atoms with Crippen molar-refractivity contribution in [1.82, 2.24) is 4.90 Å². The molecule has 0 fully saturated rings. The molecule has 1 N–H and O–H groups in total. The van der Waals surface area contributed by atoms with E-state index in [0.717, 1.165) is 21.7 Å². The minimum absolute atomic E-state index is 0.385. The first-order valence-corrected chi connectivity index (χ1v) is 8.04. The third kappa shape index (κ3) is 3.92. The third-order valence-corrected chi connectivity index (χ3v) is 4.03. The zero-order valence-corrected chi connectivity index (χ0v) is 14.3. The summed E-state index contributed by atoms with van der Waals surface area (Å²) in [5, 5.41) is 3.99. The van der Waals surface area contributed by atoms with E-state index in [9.17, 15) is 22.8 Å². The van der Waals surface area contributed by atoms with Gasteiger partial charge >= 0.3 is 0 Å². The van der Waals surface area contributed by atoms with Crippen molar-refractivity contribution in [3.63, 3.8) is 0 Å². The largest absolute Gasteiger partial charge is 0.332 e. The number of benzene rings is 3. The lowest BCUT2D eigenvalue weighted by Crippen LogP contribution is -2.35. The van der Waals surface area contributed by atoms with Crippen molar-refractivity contribution in [2.75, 3.05) is 18.9 Å². The minimum Gasteiger partial charge on any atom is -0.332 e. The molecular weight excluding hydrogens is 357 g/mol. The number of fused-ring (bicyclic) bond motifs is 1. The Morgan fingerprint density at radius 3 is 2.37 bits per heavy atom. The number of carbonyl (C=O) groups excluding carboxylic acids is 2. The molecule has 0 aliphatic rings. The van der Waals surface area contributed by atoms with E-state index in [1.807, 2.05) is 24.3 Å². The number of hydrogen-bond donors (Lipinski definition) is 1. The van der Waals surface area contributed by atoms with Crippen molar-refractivity contribution < 1.29 is 22.8 Å². The molecule has 0 unspecified atom stereocenters. The van der Waals surface area contributed by atoms with Crippen molar-refractivity contribution in [1.29, 1.82) is 0 Å². The highest BCUT2D eigenvalue weighted by molar-refractivity contribution is 6.01. The van der Waals surface area contributed by atoms with Crippen LogP contribution in [0.2, 0.25) is 0 Å². The summed E-state index contributed by atoms with van der Waals surface area (Å²) in [6.45, 7) is -0.385. The monoisotopic (exact) mass is 372 g/mol. The Labute approximate surface area is 153 Å². The summed E-state index contributed by atoms with van der Waals surface area (Å²) < 4.78 is 39.8. The van der Waals surface area contributed by atoms with E-state index < -0.39 is 35.0 Å². The highest BCUT2D eigenvalue weighted by Gasteiger charge is 2.18. The topological polar surface area (TPSA) is 49.4 Å². The van der Waals surface area contributed by atoms with Crippen LogP contribution < -0.4 is 5.32 Å². The average molecular weight is 372 g/mol. The molecule has 27 heavy (non-hydrogen) atoms. The Bertz CT molecular complexity index is 1040. The molecule has 0 atom stereocenters. The van der Waals surface area contributed by atoms with Gasteiger partial charge in [-0.1, -0.05) is 30.3 Å². The summed E-state index contributed by atoms with van der Waals surface area (Å²) in [5.41, 5.74) is -0.103. The van der Waals surface area contributed by atoms with E-state index in [4.69, 9.17) is 0 Å². The summed E-state index contributed by atoms with van der Waals surface area (Å²) in [5.74, 6) is -5.66.